The van der Waals surface area contributed by atoms with Crippen molar-refractivity contribution in [3.8, 4) is 0 Å². The Morgan fingerprint density at radius 3 is 3.00 bits per heavy atom. The second kappa shape index (κ2) is 3.12. The Kier molecular flexibility index (Phi) is 2.09. The third-order valence-corrected chi connectivity index (χ3v) is 3.07. The number of hydrogen-bond donors (Lipinski definition) is 0. The van der Waals surface area contributed by atoms with Gasteiger partial charge in [0.25, 0.3) is 0 Å². The van der Waals surface area contributed by atoms with Gasteiger partial charge in [0.15, 0.2) is 0 Å². The summed E-state index contributed by atoms with van der Waals surface area (Å²) in [5.74, 6) is 0. The molecule has 1 heterocycles. The number of rotatable bonds is 1. The Bertz CT molecular complexity index is 365. The van der Waals surface area contributed by atoms with E-state index in [4.69, 9.17) is 4.55 Å². The molecule has 2 N–H and O–H groups in total. The number of benzene rings is 1. The molecule has 70 valence electrons. The lowest BCUT2D eigenvalue weighted by molar-refractivity contribution is 0.564. The molecule has 0 radical (unpaired) electrons. The van der Waals surface area contributed by atoms with E-state index >= 15 is 0 Å². The van der Waals surface area contributed by atoms with Gasteiger partial charge in [0.1, 0.15) is 4.90 Å². The summed E-state index contributed by atoms with van der Waals surface area (Å²) in [6.07, 6.45) is 0.997. The van der Waals surface area contributed by atoms with E-state index in [1.165, 1.54) is 11.3 Å². The lowest BCUT2D eigenvalue weighted by atomic mass is 10.2. The molecule has 1 aromatic carbocycles. The molecule has 1 aliphatic heterocycles. The van der Waals surface area contributed by atoms with Crippen LogP contribution in [0.2, 0.25) is 0 Å². The van der Waals surface area contributed by atoms with Crippen LogP contribution in [0.4, 0.5) is 5.69 Å². The summed E-state index contributed by atoms with van der Waals surface area (Å²) in [6.45, 7) is 1.02. The van der Waals surface area contributed by atoms with Crippen LogP contribution >= 0.6 is 0 Å². The summed E-state index contributed by atoms with van der Waals surface area (Å²) in [5.41, 5.74) is 2.41. The van der Waals surface area contributed by atoms with Crippen molar-refractivity contribution in [3.05, 3.63) is 23.8 Å². The number of nitrogens with zero attached hydrogens (tertiary/aromatic N) is 1. The van der Waals surface area contributed by atoms with Gasteiger partial charge in [-0.2, -0.15) is 4.21 Å². The van der Waals surface area contributed by atoms with Gasteiger partial charge in [-0.1, -0.05) is 0 Å². The first kappa shape index (κ1) is 8.72. The van der Waals surface area contributed by atoms with Crippen molar-refractivity contribution in [2.45, 2.75) is 11.3 Å². The van der Waals surface area contributed by atoms with Gasteiger partial charge >= 0.3 is 11.1 Å². The second-order valence-electron chi connectivity index (χ2n) is 3.23. The monoisotopic (exact) mass is 198 g/mol. The van der Waals surface area contributed by atoms with Crippen LogP contribution in [0.25, 0.3) is 0 Å². The minimum atomic E-state index is -1.60. The van der Waals surface area contributed by atoms with E-state index in [2.05, 4.69) is 4.90 Å². The van der Waals surface area contributed by atoms with Gasteiger partial charge in [0.2, 0.25) is 0 Å². The first-order valence-electron chi connectivity index (χ1n) is 4.15. The molecule has 2 rings (SSSR count). The molecule has 1 unspecified atom stereocenters. The Balaban J connectivity index is 2.45. The van der Waals surface area contributed by atoms with Crippen LogP contribution in [-0.2, 0) is 17.5 Å². The molecule has 0 fully saturated rings. The summed E-state index contributed by atoms with van der Waals surface area (Å²) in [5, 5.41) is 0. The zero-order valence-electron chi connectivity index (χ0n) is 7.41. The molecule has 0 spiro atoms. The maximum atomic E-state index is 10.9. The van der Waals surface area contributed by atoms with E-state index in [0.717, 1.165) is 13.0 Å². The van der Waals surface area contributed by atoms with Crippen LogP contribution in [0.15, 0.2) is 23.1 Å². The maximum Gasteiger partial charge on any atom is 0.335 e. The fraction of sp³-hybridized carbons (Fsp3) is 0.333. The summed E-state index contributed by atoms with van der Waals surface area (Å²) in [6, 6.07) is 5.59. The fourth-order valence-corrected chi connectivity index (χ4v) is 2.10. The van der Waals surface area contributed by atoms with Crippen molar-refractivity contribution in [1.29, 1.82) is 0 Å². The molecule has 0 bridgehead atoms. The first-order valence-corrected chi connectivity index (χ1v) is 5.30. The molecule has 1 aliphatic rings. The molecule has 4 heteroatoms. The van der Waals surface area contributed by atoms with Crippen LogP contribution in [0.3, 0.4) is 0 Å². The van der Waals surface area contributed by atoms with Crippen molar-refractivity contribution in [2.75, 3.05) is 18.5 Å². The van der Waals surface area contributed by atoms with Crippen molar-refractivity contribution in [3.63, 3.8) is 0 Å². The predicted octanol–water partition coefficient (Wildman–Crippen LogP) is 0.426. The number of fused-ring (bicyclic) bond motifs is 1. The topological polar surface area (TPSA) is 43.2 Å². The molecule has 0 aromatic heterocycles. The maximum absolute atomic E-state index is 10.9. The highest BCUT2D eigenvalue weighted by atomic mass is 32.2. The van der Waals surface area contributed by atoms with Gasteiger partial charge in [0, 0.05) is 19.3 Å². The smallest absolute Gasteiger partial charge is 0.335 e. The molecular weight excluding hydrogens is 186 g/mol. The average Bonchev–Trinajstić information content (AvgIpc) is 2.47. The molecule has 3 nitrogen and oxygen atoms in total. The van der Waals surface area contributed by atoms with Gasteiger partial charge < -0.3 is 9.45 Å². The quantitative estimate of drug-likeness (QED) is 0.614. The normalized spacial score (nSPS) is 17.2. The standard InChI is InChI=1S/C9H11NO2S/c1-10-5-4-7-6-8(13(11)12)2-3-9(7)10/h2-3,6H,4-5H2,1H3,(H,11,12)/p+1. The Labute approximate surface area is 79.7 Å². The van der Waals surface area contributed by atoms with Crippen LogP contribution in [-0.4, -0.2) is 22.4 Å². The Morgan fingerprint density at radius 1 is 1.54 bits per heavy atom. The lowest BCUT2D eigenvalue weighted by Gasteiger charge is -2.10. The molecule has 0 saturated carbocycles. The van der Waals surface area contributed by atoms with Crippen LogP contribution in [0, 0.1) is 0 Å². The summed E-state index contributed by atoms with van der Waals surface area (Å²) in [4.78, 5) is 2.78. The van der Waals surface area contributed by atoms with Gasteiger partial charge in [-0.05, 0) is 30.2 Å². The summed E-state index contributed by atoms with van der Waals surface area (Å²) >= 11 is -1.60. The van der Waals surface area contributed by atoms with Crippen molar-refractivity contribution < 1.29 is 8.76 Å². The molecule has 1 atom stereocenters. The largest absolute Gasteiger partial charge is 0.374 e. The van der Waals surface area contributed by atoms with E-state index in [0.29, 0.717) is 4.90 Å². The molecular formula is C9H12NO2S+. The SMILES string of the molecule is CN1CCc2cc(S(=O)[OH2+])ccc21. The molecule has 0 amide bonds. The van der Waals surface area contributed by atoms with Crippen molar-refractivity contribution >= 4 is 16.8 Å². The third-order valence-electron chi connectivity index (χ3n) is 2.39. The summed E-state index contributed by atoms with van der Waals surface area (Å²) in [7, 11) is 2.04. The lowest BCUT2D eigenvalue weighted by Crippen LogP contribution is -2.12. The van der Waals surface area contributed by atoms with E-state index < -0.39 is 11.1 Å². The van der Waals surface area contributed by atoms with E-state index in [9.17, 15) is 4.21 Å². The zero-order chi connectivity index (χ0) is 9.42. The molecule has 0 saturated heterocycles. The highest BCUT2D eigenvalue weighted by Crippen LogP contribution is 2.27. The van der Waals surface area contributed by atoms with Crippen LogP contribution in [0.5, 0.6) is 0 Å². The van der Waals surface area contributed by atoms with Crippen LogP contribution in [0.1, 0.15) is 5.56 Å². The average molecular weight is 198 g/mol. The first-order chi connectivity index (χ1) is 6.18. The van der Waals surface area contributed by atoms with Crippen molar-refractivity contribution in [1.82, 2.24) is 0 Å². The van der Waals surface area contributed by atoms with Crippen LogP contribution < -0.4 is 4.90 Å². The molecule has 13 heavy (non-hydrogen) atoms. The highest BCUT2D eigenvalue weighted by molar-refractivity contribution is 7.79. The Hall–Kier alpha value is -0.870. The van der Waals surface area contributed by atoms with Crippen molar-refractivity contribution in [2.24, 2.45) is 0 Å². The number of anilines is 1. The minimum Gasteiger partial charge on any atom is -0.374 e. The fourth-order valence-electron chi connectivity index (χ4n) is 1.66. The van der Waals surface area contributed by atoms with E-state index in [1.807, 2.05) is 19.2 Å². The van der Waals surface area contributed by atoms with Gasteiger partial charge in [-0.3, -0.25) is 0 Å². The number of hydrogen-bond acceptors (Lipinski definition) is 2. The predicted molar refractivity (Wildman–Crippen MR) is 53.4 cm³/mol. The summed E-state index contributed by atoms with van der Waals surface area (Å²) < 4.78 is 18.0. The minimum absolute atomic E-state index is 0.606. The van der Waals surface area contributed by atoms with Gasteiger partial charge in [0.05, 0.1) is 0 Å². The van der Waals surface area contributed by atoms with E-state index in [1.54, 1.807) is 6.07 Å². The number of likely N-dealkylation sites (N-methyl/N-ethyl adjacent to an activating group) is 1. The molecule has 1 aromatic rings. The third kappa shape index (κ3) is 1.47. The van der Waals surface area contributed by atoms with Gasteiger partial charge in [-0.25, -0.2) is 0 Å². The zero-order valence-corrected chi connectivity index (χ0v) is 8.23. The highest BCUT2D eigenvalue weighted by Gasteiger charge is 2.17. The Morgan fingerprint density at radius 2 is 2.31 bits per heavy atom. The second-order valence-corrected chi connectivity index (χ2v) is 4.24. The van der Waals surface area contributed by atoms with E-state index in [-0.39, 0.29) is 0 Å². The molecule has 0 aliphatic carbocycles. The van der Waals surface area contributed by atoms with Gasteiger partial charge in [-0.15, -0.1) is 0 Å².